The summed E-state index contributed by atoms with van der Waals surface area (Å²) in [6.07, 6.45) is 4.63. The molecule has 1 amide bonds. The van der Waals surface area contributed by atoms with Gasteiger partial charge in [-0.15, -0.1) is 0 Å². The van der Waals surface area contributed by atoms with Gasteiger partial charge in [0.25, 0.3) is 5.91 Å². The largest absolute Gasteiger partial charge is 0.493 e. The van der Waals surface area contributed by atoms with Gasteiger partial charge in [-0.1, -0.05) is 12.5 Å². The number of hydrogen-bond donors (Lipinski definition) is 1. The van der Waals surface area contributed by atoms with Crippen molar-refractivity contribution < 1.29 is 14.3 Å². The number of aromatic nitrogens is 2. The molecular formula is C22H25N3O3. The van der Waals surface area contributed by atoms with Gasteiger partial charge in [0.15, 0.2) is 11.5 Å². The topological polar surface area (TPSA) is 65.4 Å². The quantitative estimate of drug-likeness (QED) is 0.734. The smallest absolute Gasteiger partial charge is 0.251 e. The first kappa shape index (κ1) is 18.3. The van der Waals surface area contributed by atoms with Crippen molar-refractivity contribution in [1.29, 1.82) is 0 Å². The Bertz CT molecular complexity index is 1010. The summed E-state index contributed by atoms with van der Waals surface area (Å²) in [6.45, 7) is 1.42. The number of rotatable bonds is 5. The molecule has 4 rings (SSSR count). The Hall–Kier alpha value is -3.02. The summed E-state index contributed by atoms with van der Waals surface area (Å²) in [5, 5.41) is 2.97. The van der Waals surface area contributed by atoms with E-state index in [1.807, 2.05) is 36.4 Å². The highest BCUT2D eigenvalue weighted by Gasteiger charge is 2.15. The summed E-state index contributed by atoms with van der Waals surface area (Å²) >= 11 is 0. The van der Waals surface area contributed by atoms with E-state index in [1.54, 1.807) is 14.2 Å². The van der Waals surface area contributed by atoms with Crippen molar-refractivity contribution in [2.75, 3.05) is 14.2 Å². The van der Waals surface area contributed by atoms with Crippen LogP contribution in [0.25, 0.3) is 11.0 Å². The fraction of sp³-hybridized carbons (Fsp3) is 0.364. The predicted octanol–water partition coefficient (Wildman–Crippen LogP) is 3.71. The van der Waals surface area contributed by atoms with Crippen molar-refractivity contribution in [3.63, 3.8) is 0 Å². The highest BCUT2D eigenvalue weighted by molar-refractivity contribution is 5.97. The SMILES string of the molecule is COc1ccc(CNC(=O)c2ccc3c(c2)nc2n3CCCCC2)cc1OC. The normalized spacial score (nSPS) is 13.6. The van der Waals surface area contributed by atoms with E-state index >= 15 is 0 Å². The van der Waals surface area contributed by atoms with Crippen molar-refractivity contribution in [3.8, 4) is 11.5 Å². The molecule has 0 spiro atoms. The number of methoxy groups -OCH3 is 2. The van der Waals surface area contributed by atoms with Crippen LogP contribution in [0.3, 0.4) is 0 Å². The number of ether oxygens (including phenoxy) is 2. The third kappa shape index (κ3) is 3.54. The van der Waals surface area contributed by atoms with Crippen LogP contribution in [0, 0.1) is 0 Å². The van der Waals surface area contributed by atoms with Crippen molar-refractivity contribution in [2.45, 2.75) is 38.8 Å². The minimum atomic E-state index is -0.111. The molecule has 2 aromatic carbocycles. The molecule has 0 unspecified atom stereocenters. The molecule has 2 heterocycles. The van der Waals surface area contributed by atoms with Crippen LogP contribution in [0.5, 0.6) is 11.5 Å². The fourth-order valence-electron chi connectivity index (χ4n) is 3.77. The molecule has 6 heteroatoms. The number of nitrogens with one attached hydrogen (secondary N) is 1. The molecule has 146 valence electrons. The maximum absolute atomic E-state index is 12.6. The summed E-state index contributed by atoms with van der Waals surface area (Å²) in [6, 6.07) is 11.4. The first-order valence-corrected chi connectivity index (χ1v) is 9.68. The van der Waals surface area contributed by atoms with Gasteiger partial charge in [-0.2, -0.15) is 0 Å². The van der Waals surface area contributed by atoms with Crippen LogP contribution in [-0.4, -0.2) is 29.7 Å². The van der Waals surface area contributed by atoms with E-state index in [0.717, 1.165) is 35.4 Å². The van der Waals surface area contributed by atoms with E-state index < -0.39 is 0 Å². The number of aryl methyl sites for hydroxylation is 2. The second kappa shape index (κ2) is 7.92. The number of fused-ring (bicyclic) bond motifs is 3. The molecule has 0 fully saturated rings. The van der Waals surface area contributed by atoms with Crippen molar-refractivity contribution in [3.05, 3.63) is 53.3 Å². The molecular weight excluding hydrogens is 354 g/mol. The summed E-state index contributed by atoms with van der Waals surface area (Å²) < 4.78 is 12.9. The molecule has 6 nitrogen and oxygen atoms in total. The van der Waals surface area contributed by atoms with Crippen LogP contribution < -0.4 is 14.8 Å². The fourth-order valence-corrected chi connectivity index (χ4v) is 3.77. The molecule has 1 aliphatic rings. The van der Waals surface area contributed by atoms with Crippen LogP contribution in [0.15, 0.2) is 36.4 Å². The first-order valence-electron chi connectivity index (χ1n) is 9.68. The van der Waals surface area contributed by atoms with Crippen molar-refractivity contribution in [1.82, 2.24) is 14.9 Å². The lowest BCUT2D eigenvalue weighted by molar-refractivity contribution is 0.0951. The van der Waals surface area contributed by atoms with Gasteiger partial charge in [0.05, 0.1) is 25.3 Å². The van der Waals surface area contributed by atoms with Crippen LogP contribution >= 0.6 is 0 Å². The standard InChI is InChI=1S/C22H25N3O3/c1-27-19-10-7-15(12-20(19)28-2)14-23-22(26)16-8-9-18-17(13-16)24-21-6-4-3-5-11-25(18)21/h7-10,12-13H,3-6,11,14H2,1-2H3,(H,23,26). The molecule has 0 radical (unpaired) electrons. The van der Waals surface area contributed by atoms with Crippen LogP contribution in [0.1, 0.15) is 41.0 Å². The number of hydrogen-bond acceptors (Lipinski definition) is 4. The van der Waals surface area contributed by atoms with E-state index in [0.29, 0.717) is 23.6 Å². The maximum Gasteiger partial charge on any atom is 0.251 e. The van der Waals surface area contributed by atoms with Gasteiger partial charge < -0.3 is 19.4 Å². The van der Waals surface area contributed by atoms with Crippen LogP contribution in [0.2, 0.25) is 0 Å². The third-order valence-corrected chi connectivity index (χ3v) is 5.27. The van der Waals surface area contributed by atoms with E-state index in [-0.39, 0.29) is 5.91 Å². The molecule has 1 aliphatic heterocycles. The van der Waals surface area contributed by atoms with Crippen LogP contribution in [-0.2, 0) is 19.5 Å². The molecule has 0 bridgehead atoms. The molecule has 3 aromatic rings. The molecule has 28 heavy (non-hydrogen) atoms. The molecule has 0 saturated heterocycles. The molecule has 1 N–H and O–H groups in total. The van der Waals surface area contributed by atoms with E-state index in [9.17, 15) is 4.79 Å². The Morgan fingerprint density at radius 1 is 1.07 bits per heavy atom. The minimum Gasteiger partial charge on any atom is -0.493 e. The molecule has 0 atom stereocenters. The Morgan fingerprint density at radius 2 is 1.93 bits per heavy atom. The number of imidazole rings is 1. The lowest BCUT2D eigenvalue weighted by atomic mass is 10.1. The van der Waals surface area contributed by atoms with Gasteiger partial charge in [-0.25, -0.2) is 4.98 Å². The van der Waals surface area contributed by atoms with Gasteiger partial charge >= 0.3 is 0 Å². The highest BCUT2D eigenvalue weighted by atomic mass is 16.5. The summed E-state index contributed by atoms with van der Waals surface area (Å²) in [7, 11) is 3.20. The minimum absolute atomic E-state index is 0.111. The van der Waals surface area contributed by atoms with Crippen LogP contribution in [0.4, 0.5) is 0 Å². The number of benzene rings is 2. The lowest BCUT2D eigenvalue weighted by Crippen LogP contribution is -2.22. The molecule has 0 aliphatic carbocycles. The average Bonchev–Trinajstić information content (AvgIpc) is 2.91. The zero-order valence-electron chi connectivity index (χ0n) is 16.3. The highest BCUT2D eigenvalue weighted by Crippen LogP contribution is 2.27. The first-order chi connectivity index (χ1) is 13.7. The Morgan fingerprint density at radius 3 is 2.75 bits per heavy atom. The maximum atomic E-state index is 12.6. The second-order valence-corrected chi connectivity index (χ2v) is 7.07. The molecule has 0 saturated carbocycles. The zero-order valence-corrected chi connectivity index (χ0v) is 16.3. The van der Waals surface area contributed by atoms with Gasteiger partial charge in [0, 0.05) is 25.1 Å². The predicted molar refractivity (Wildman–Crippen MR) is 108 cm³/mol. The monoisotopic (exact) mass is 379 g/mol. The number of nitrogens with zero attached hydrogens (tertiary/aromatic N) is 2. The Labute approximate surface area is 164 Å². The number of carbonyl (C=O) groups is 1. The van der Waals surface area contributed by atoms with E-state index in [4.69, 9.17) is 14.5 Å². The number of carbonyl (C=O) groups excluding carboxylic acids is 1. The summed E-state index contributed by atoms with van der Waals surface area (Å²) in [5.74, 6) is 2.34. The summed E-state index contributed by atoms with van der Waals surface area (Å²) in [4.78, 5) is 17.4. The van der Waals surface area contributed by atoms with E-state index in [2.05, 4.69) is 9.88 Å². The lowest BCUT2D eigenvalue weighted by Gasteiger charge is -2.10. The van der Waals surface area contributed by atoms with E-state index in [1.165, 1.54) is 19.3 Å². The third-order valence-electron chi connectivity index (χ3n) is 5.27. The Balaban J connectivity index is 1.50. The van der Waals surface area contributed by atoms with Gasteiger partial charge in [0.1, 0.15) is 5.82 Å². The molecule has 1 aromatic heterocycles. The van der Waals surface area contributed by atoms with Gasteiger partial charge in [-0.3, -0.25) is 4.79 Å². The van der Waals surface area contributed by atoms with Crippen molar-refractivity contribution in [2.24, 2.45) is 0 Å². The number of amides is 1. The van der Waals surface area contributed by atoms with Gasteiger partial charge in [-0.05, 0) is 48.7 Å². The van der Waals surface area contributed by atoms with Crippen molar-refractivity contribution >= 4 is 16.9 Å². The van der Waals surface area contributed by atoms with Gasteiger partial charge in [0.2, 0.25) is 0 Å². The Kier molecular flexibility index (Phi) is 5.19. The zero-order chi connectivity index (χ0) is 19.5. The average molecular weight is 379 g/mol. The summed E-state index contributed by atoms with van der Waals surface area (Å²) in [5.41, 5.74) is 3.59. The second-order valence-electron chi connectivity index (χ2n) is 7.07.